The molecule has 0 bridgehead atoms. The Hall–Kier alpha value is -2.11. The largest absolute Gasteiger partial charge is 0.481 e. The van der Waals surface area contributed by atoms with Crippen molar-refractivity contribution in [2.75, 3.05) is 25.1 Å². The molecule has 0 aromatic carbocycles. The van der Waals surface area contributed by atoms with Gasteiger partial charge in [-0.3, -0.25) is 4.57 Å². The molecule has 6 nitrogen and oxygen atoms in total. The molecule has 0 saturated carbocycles. The summed E-state index contributed by atoms with van der Waals surface area (Å²) in [5.74, 6) is 2.37. The third-order valence-corrected chi connectivity index (χ3v) is 3.69. The maximum Gasteiger partial charge on any atom is 0.227 e. The lowest BCUT2D eigenvalue weighted by molar-refractivity contribution is 0.398. The summed E-state index contributed by atoms with van der Waals surface area (Å²) in [6.07, 6.45) is 5.49. The molecule has 6 heteroatoms. The van der Waals surface area contributed by atoms with Crippen LogP contribution in [-0.4, -0.2) is 39.9 Å². The van der Waals surface area contributed by atoms with Gasteiger partial charge in [-0.25, -0.2) is 4.98 Å². The molecule has 2 aromatic rings. The number of hydrogen-bond acceptors (Lipinski definition) is 5. The van der Waals surface area contributed by atoms with Crippen LogP contribution in [0.2, 0.25) is 0 Å². The fraction of sp³-hybridized carbons (Fsp3) is 0.500. The third kappa shape index (κ3) is 2.33. The lowest BCUT2D eigenvalue weighted by Gasteiger charge is -2.27. The molecule has 3 heterocycles. The van der Waals surface area contributed by atoms with Crippen LogP contribution in [0.1, 0.15) is 19.3 Å². The van der Waals surface area contributed by atoms with Crippen molar-refractivity contribution < 1.29 is 4.74 Å². The van der Waals surface area contributed by atoms with Crippen LogP contribution in [0.25, 0.3) is 11.4 Å². The van der Waals surface area contributed by atoms with Gasteiger partial charge < -0.3 is 9.64 Å². The van der Waals surface area contributed by atoms with Gasteiger partial charge >= 0.3 is 0 Å². The number of rotatable bonds is 3. The zero-order valence-electron chi connectivity index (χ0n) is 11.9. The van der Waals surface area contributed by atoms with E-state index in [1.165, 1.54) is 19.3 Å². The molecule has 0 amide bonds. The van der Waals surface area contributed by atoms with Gasteiger partial charge in [-0.2, -0.15) is 0 Å². The van der Waals surface area contributed by atoms with Crippen molar-refractivity contribution in [1.82, 2.24) is 19.7 Å². The zero-order valence-corrected chi connectivity index (χ0v) is 11.9. The van der Waals surface area contributed by atoms with Crippen molar-refractivity contribution in [3.05, 3.63) is 18.3 Å². The molecule has 0 N–H and O–H groups in total. The third-order valence-electron chi connectivity index (χ3n) is 3.69. The van der Waals surface area contributed by atoms with Gasteiger partial charge in [0.05, 0.1) is 7.11 Å². The van der Waals surface area contributed by atoms with Gasteiger partial charge in [0, 0.05) is 38.0 Å². The Morgan fingerprint density at radius 3 is 2.70 bits per heavy atom. The summed E-state index contributed by atoms with van der Waals surface area (Å²) in [5.41, 5.74) is 0.968. The molecule has 3 rings (SSSR count). The maximum atomic E-state index is 5.16. The summed E-state index contributed by atoms with van der Waals surface area (Å²) >= 11 is 0. The molecule has 2 aromatic heterocycles. The van der Waals surface area contributed by atoms with E-state index in [9.17, 15) is 0 Å². The number of nitrogens with zero attached hydrogens (tertiary/aromatic N) is 5. The molecule has 0 spiro atoms. The van der Waals surface area contributed by atoms with Crippen molar-refractivity contribution in [3.8, 4) is 17.3 Å². The van der Waals surface area contributed by atoms with Crippen LogP contribution in [0.4, 0.5) is 5.95 Å². The fourth-order valence-electron chi connectivity index (χ4n) is 2.60. The Labute approximate surface area is 118 Å². The van der Waals surface area contributed by atoms with Crippen LogP contribution in [0, 0.1) is 0 Å². The molecular formula is C14H19N5O. The molecule has 0 radical (unpaired) electrons. The molecule has 1 aliphatic rings. The Balaban J connectivity index is 1.92. The number of methoxy groups -OCH3 is 1. The topological polar surface area (TPSA) is 56.1 Å². The number of ether oxygens (including phenoxy) is 1. The quantitative estimate of drug-likeness (QED) is 0.854. The number of anilines is 1. The average Bonchev–Trinajstić information content (AvgIpc) is 2.90. The van der Waals surface area contributed by atoms with Crippen molar-refractivity contribution >= 4 is 5.95 Å². The van der Waals surface area contributed by atoms with Crippen molar-refractivity contribution in [1.29, 1.82) is 0 Å². The number of aromatic nitrogens is 4. The average molecular weight is 273 g/mol. The second-order valence-electron chi connectivity index (χ2n) is 5.02. The van der Waals surface area contributed by atoms with E-state index in [4.69, 9.17) is 4.74 Å². The van der Waals surface area contributed by atoms with Crippen molar-refractivity contribution in [3.63, 3.8) is 0 Å². The smallest absolute Gasteiger partial charge is 0.227 e. The second-order valence-corrected chi connectivity index (χ2v) is 5.02. The van der Waals surface area contributed by atoms with E-state index in [1.807, 2.05) is 23.7 Å². The van der Waals surface area contributed by atoms with Crippen LogP contribution in [0.5, 0.6) is 5.88 Å². The predicted octanol–water partition coefficient (Wildman–Crippen LogP) is 1.88. The first-order valence-electron chi connectivity index (χ1n) is 6.94. The van der Waals surface area contributed by atoms with Crippen LogP contribution in [0.3, 0.4) is 0 Å². The molecule has 1 saturated heterocycles. The molecule has 0 atom stereocenters. The molecule has 1 aliphatic heterocycles. The minimum absolute atomic E-state index is 0.588. The lowest BCUT2D eigenvalue weighted by atomic mass is 10.1. The Morgan fingerprint density at radius 2 is 1.95 bits per heavy atom. The van der Waals surface area contributed by atoms with E-state index in [1.54, 1.807) is 13.3 Å². The number of pyridine rings is 1. The molecular weight excluding hydrogens is 254 g/mol. The van der Waals surface area contributed by atoms with Crippen LogP contribution >= 0.6 is 0 Å². The highest BCUT2D eigenvalue weighted by molar-refractivity contribution is 5.58. The Bertz CT molecular complexity index is 589. The first kappa shape index (κ1) is 12.9. The lowest BCUT2D eigenvalue weighted by Crippen LogP contribution is -2.31. The highest BCUT2D eigenvalue weighted by Gasteiger charge is 2.18. The Morgan fingerprint density at radius 1 is 1.15 bits per heavy atom. The maximum absolute atomic E-state index is 5.16. The normalized spacial score (nSPS) is 15.4. The van der Waals surface area contributed by atoms with Crippen LogP contribution < -0.4 is 9.64 Å². The van der Waals surface area contributed by atoms with E-state index in [0.29, 0.717) is 5.88 Å². The minimum Gasteiger partial charge on any atom is -0.481 e. The molecule has 106 valence electrons. The van der Waals surface area contributed by atoms with Crippen LogP contribution in [0.15, 0.2) is 18.3 Å². The fourth-order valence-corrected chi connectivity index (χ4v) is 2.60. The standard InChI is InChI=1S/C14H19N5O/c1-18-13(11-6-7-15-12(10-11)20-2)16-17-14(18)19-8-4-3-5-9-19/h6-7,10H,3-5,8-9H2,1-2H3. The van der Waals surface area contributed by atoms with Crippen LogP contribution in [-0.2, 0) is 7.05 Å². The van der Waals surface area contributed by atoms with Gasteiger partial charge in [0.25, 0.3) is 0 Å². The van der Waals surface area contributed by atoms with Gasteiger partial charge in [0.15, 0.2) is 5.82 Å². The second kappa shape index (κ2) is 5.48. The molecule has 0 aliphatic carbocycles. The van der Waals surface area contributed by atoms with Gasteiger partial charge in [0.1, 0.15) is 0 Å². The van der Waals surface area contributed by atoms with Crippen molar-refractivity contribution in [2.24, 2.45) is 7.05 Å². The Kier molecular flexibility index (Phi) is 3.54. The number of hydrogen-bond donors (Lipinski definition) is 0. The van der Waals surface area contributed by atoms with Crippen molar-refractivity contribution in [2.45, 2.75) is 19.3 Å². The molecule has 20 heavy (non-hydrogen) atoms. The van der Waals surface area contributed by atoms with E-state index in [2.05, 4.69) is 20.1 Å². The van der Waals surface area contributed by atoms with Gasteiger partial charge in [-0.05, 0) is 25.3 Å². The van der Waals surface area contributed by atoms with Gasteiger partial charge in [-0.15, -0.1) is 10.2 Å². The number of piperidine rings is 1. The first-order valence-corrected chi connectivity index (χ1v) is 6.94. The summed E-state index contributed by atoms with van der Waals surface area (Å²) < 4.78 is 7.20. The predicted molar refractivity (Wildman–Crippen MR) is 76.9 cm³/mol. The van der Waals surface area contributed by atoms with E-state index >= 15 is 0 Å². The van der Waals surface area contributed by atoms with Gasteiger partial charge in [-0.1, -0.05) is 0 Å². The monoisotopic (exact) mass is 273 g/mol. The molecule has 0 unspecified atom stereocenters. The summed E-state index contributed by atoms with van der Waals surface area (Å²) in [4.78, 5) is 6.42. The highest BCUT2D eigenvalue weighted by Crippen LogP contribution is 2.24. The van der Waals surface area contributed by atoms with E-state index in [-0.39, 0.29) is 0 Å². The summed E-state index contributed by atoms with van der Waals surface area (Å²) in [6, 6.07) is 3.80. The van der Waals surface area contributed by atoms with E-state index < -0.39 is 0 Å². The van der Waals surface area contributed by atoms with Gasteiger partial charge in [0.2, 0.25) is 11.8 Å². The summed E-state index contributed by atoms with van der Waals surface area (Å²) in [7, 11) is 3.62. The zero-order chi connectivity index (χ0) is 13.9. The first-order chi connectivity index (χ1) is 9.79. The molecule has 1 fully saturated rings. The SMILES string of the molecule is COc1cc(-c2nnc(N3CCCCC3)n2C)ccn1. The minimum atomic E-state index is 0.588. The van der Waals surface area contributed by atoms with E-state index in [0.717, 1.165) is 30.4 Å². The summed E-state index contributed by atoms with van der Waals surface area (Å²) in [5, 5.41) is 8.67. The summed E-state index contributed by atoms with van der Waals surface area (Å²) in [6.45, 7) is 2.12. The highest BCUT2D eigenvalue weighted by atomic mass is 16.5.